The second-order valence-electron chi connectivity index (χ2n) is 5.32. The highest BCUT2D eigenvalue weighted by atomic mass is 32.2. The highest BCUT2D eigenvalue weighted by Crippen LogP contribution is 2.26. The molecule has 0 N–H and O–H groups in total. The van der Waals surface area contributed by atoms with Crippen molar-refractivity contribution in [2.75, 3.05) is 0 Å². The SMILES string of the molecule is C[C@H](OC(=O)[C@H](C)Sc1ccc([N+](=O)[O-])cc1)C(=O)c1ccccc1. The van der Waals surface area contributed by atoms with Crippen molar-refractivity contribution in [3.05, 3.63) is 70.3 Å². The van der Waals surface area contributed by atoms with E-state index in [0.717, 1.165) is 0 Å². The van der Waals surface area contributed by atoms with E-state index >= 15 is 0 Å². The summed E-state index contributed by atoms with van der Waals surface area (Å²) in [6.45, 7) is 3.20. The molecular weight excluding hydrogens is 342 g/mol. The van der Waals surface area contributed by atoms with E-state index in [9.17, 15) is 19.7 Å². The largest absolute Gasteiger partial charge is 0.453 e. The molecule has 0 fully saturated rings. The molecule has 6 nitrogen and oxygen atoms in total. The van der Waals surface area contributed by atoms with Crippen molar-refractivity contribution in [3.8, 4) is 0 Å². The Labute approximate surface area is 149 Å². The molecule has 0 radical (unpaired) electrons. The third-order valence-corrected chi connectivity index (χ3v) is 4.50. The predicted octanol–water partition coefficient (Wildman–Crippen LogP) is 3.89. The molecule has 0 saturated carbocycles. The number of benzene rings is 2. The number of carbonyl (C=O) groups is 2. The highest BCUT2D eigenvalue weighted by molar-refractivity contribution is 8.00. The lowest BCUT2D eigenvalue weighted by atomic mass is 10.1. The summed E-state index contributed by atoms with van der Waals surface area (Å²) in [6, 6.07) is 14.5. The molecule has 7 heteroatoms. The number of Topliss-reactive ketones (excluding diaryl/α,β-unsaturated/α-hetero) is 1. The number of carbonyl (C=O) groups excluding carboxylic acids is 2. The second-order valence-corrected chi connectivity index (χ2v) is 6.73. The van der Waals surface area contributed by atoms with E-state index in [4.69, 9.17) is 4.74 Å². The van der Waals surface area contributed by atoms with Gasteiger partial charge in [0.05, 0.1) is 4.92 Å². The van der Waals surface area contributed by atoms with Crippen LogP contribution in [0.5, 0.6) is 0 Å². The lowest BCUT2D eigenvalue weighted by Crippen LogP contribution is -2.28. The Balaban J connectivity index is 1.93. The number of nitro groups is 1. The summed E-state index contributed by atoms with van der Waals surface area (Å²) in [4.78, 5) is 35.2. The van der Waals surface area contributed by atoms with Gasteiger partial charge in [-0.2, -0.15) is 0 Å². The van der Waals surface area contributed by atoms with Crippen molar-refractivity contribution in [2.45, 2.75) is 30.1 Å². The number of esters is 1. The van der Waals surface area contributed by atoms with E-state index in [0.29, 0.717) is 10.5 Å². The van der Waals surface area contributed by atoms with Crippen LogP contribution in [0.3, 0.4) is 0 Å². The molecule has 0 heterocycles. The topological polar surface area (TPSA) is 86.5 Å². The molecule has 0 amide bonds. The number of nitrogens with zero attached hydrogens (tertiary/aromatic N) is 1. The average molecular weight is 359 g/mol. The van der Waals surface area contributed by atoms with E-state index in [1.165, 1.54) is 30.8 Å². The van der Waals surface area contributed by atoms with Crippen LogP contribution in [0.2, 0.25) is 0 Å². The molecule has 0 unspecified atom stereocenters. The van der Waals surface area contributed by atoms with Crippen molar-refractivity contribution < 1.29 is 19.2 Å². The number of thioether (sulfide) groups is 1. The van der Waals surface area contributed by atoms with Gasteiger partial charge in [0.15, 0.2) is 6.10 Å². The quantitative estimate of drug-likeness (QED) is 0.245. The van der Waals surface area contributed by atoms with Crippen LogP contribution < -0.4 is 0 Å². The van der Waals surface area contributed by atoms with Crippen LogP contribution in [-0.2, 0) is 9.53 Å². The maximum absolute atomic E-state index is 12.2. The number of rotatable bonds is 7. The lowest BCUT2D eigenvalue weighted by Gasteiger charge is -2.16. The smallest absolute Gasteiger partial charge is 0.319 e. The summed E-state index contributed by atoms with van der Waals surface area (Å²) >= 11 is 1.21. The van der Waals surface area contributed by atoms with Crippen LogP contribution in [-0.4, -0.2) is 28.0 Å². The molecule has 0 aliphatic heterocycles. The van der Waals surface area contributed by atoms with Crippen molar-refractivity contribution in [1.29, 1.82) is 0 Å². The summed E-state index contributed by atoms with van der Waals surface area (Å²) in [7, 11) is 0. The Morgan fingerprint density at radius 2 is 1.64 bits per heavy atom. The fourth-order valence-corrected chi connectivity index (χ4v) is 2.91. The van der Waals surface area contributed by atoms with Crippen LogP contribution in [0, 0.1) is 10.1 Å². The van der Waals surface area contributed by atoms with Crippen molar-refractivity contribution in [1.82, 2.24) is 0 Å². The van der Waals surface area contributed by atoms with Gasteiger partial charge in [0.2, 0.25) is 5.78 Å². The Bertz CT molecular complexity index is 761. The molecule has 0 aliphatic carbocycles. The van der Waals surface area contributed by atoms with Crippen LogP contribution in [0.1, 0.15) is 24.2 Å². The van der Waals surface area contributed by atoms with Crippen molar-refractivity contribution in [3.63, 3.8) is 0 Å². The van der Waals surface area contributed by atoms with E-state index in [1.807, 2.05) is 0 Å². The first-order chi connectivity index (χ1) is 11.9. The molecule has 2 rings (SSSR count). The van der Waals surface area contributed by atoms with Gasteiger partial charge in [0.25, 0.3) is 5.69 Å². The third-order valence-electron chi connectivity index (χ3n) is 3.41. The van der Waals surface area contributed by atoms with E-state index in [2.05, 4.69) is 0 Å². The van der Waals surface area contributed by atoms with Gasteiger partial charge in [-0.3, -0.25) is 19.7 Å². The molecule has 2 aromatic carbocycles. The van der Waals surface area contributed by atoms with Crippen LogP contribution >= 0.6 is 11.8 Å². The minimum absolute atomic E-state index is 0.0124. The Morgan fingerprint density at radius 3 is 2.20 bits per heavy atom. The first-order valence-electron chi connectivity index (χ1n) is 7.59. The third kappa shape index (κ3) is 5.15. The number of hydrogen-bond donors (Lipinski definition) is 0. The standard InChI is InChI=1S/C18H17NO5S/c1-12(17(20)14-6-4-3-5-7-14)24-18(21)13(2)25-16-10-8-15(9-11-16)19(22)23/h3-13H,1-2H3/t12-,13-/m0/s1. The first-order valence-corrected chi connectivity index (χ1v) is 8.47. The fraction of sp³-hybridized carbons (Fsp3) is 0.222. The summed E-state index contributed by atoms with van der Waals surface area (Å²) < 4.78 is 5.24. The lowest BCUT2D eigenvalue weighted by molar-refractivity contribution is -0.384. The minimum atomic E-state index is -0.880. The number of hydrogen-bond acceptors (Lipinski definition) is 6. The predicted molar refractivity (Wildman–Crippen MR) is 94.7 cm³/mol. The normalized spacial score (nSPS) is 12.9. The monoisotopic (exact) mass is 359 g/mol. The van der Waals surface area contributed by atoms with E-state index in [1.54, 1.807) is 49.4 Å². The number of nitro benzene ring substituents is 1. The van der Waals surface area contributed by atoms with Crippen LogP contribution in [0.4, 0.5) is 5.69 Å². The van der Waals surface area contributed by atoms with Crippen molar-refractivity contribution >= 4 is 29.2 Å². The molecule has 0 saturated heterocycles. The van der Waals surface area contributed by atoms with Gasteiger partial charge >= 0.3 is 5.97 Å². The van der Waals surface area contributed by atoms with Gasteiger partial charge in [-0.25, -0.2) is 0 Å². The van der Waals surface area contributed by atoms with Gasteiger partial charge in [-0.05, 0) is 26.0 Å². The zero-order chi connectivity index (χ0) is 18.4. The Morgan fingerprint density at radius 1 is 1.04 bits per heavy atom. The number of non-ortho nitro benzene ring substituents is 1. The van der Waals surface area contributed by atoms with Crippen LogP contribution in [0.15, 0.2) is 59.5 Å². The Kier molecular flexibility index (Phi) is 6.30. The molecule has 25 heavy (non-hydrogen) atoms. The molecule has 0 aromatic heterocycles. The number of ketones is 1. The maximum Gasteiger partial charge on any atom is 0.319 e. The van der Waals surface area contributed by atoms with E-state index in [-0.39, 0.29) is 11.5 Å². The fourth-order valence-electron chi connectivity index (χ4n) is 2.06. The molecule has 0 spiro atoms. The molecular formula is C18H17NO5S. The zero-order valence-corrected chi connectivity index (χ0v) is 14.6. The molecule has 2 atom stereocenters. The van der Waals surface area contributed by atoms with E-state index < -0.39 is 22.2 Å². The summed E-state index contributed by atoms with van der Waals surface area (Å²) in [5.41, 5.74) is 0.472. The molecule has 0 bridgehead atoms. The van der Waals surface area contributed by atoms with Crippen molar-refractivity contribution in [2.24, 2.45) is 0 Å². The first kappa shape index (κ1) is 18.7. The molecule has 130 valence electrons. The van der Waals surface area contributed by atoms with Gasteiger partial charge in [0, 0.05) is 22.6 Å². The summed E-state index contributed by atoms with van der Waals surface area (Å²) in [6.07, 6.45) is -0.880. The van der Waals surface area contributed by atoms with Gasteiger partial charge in [-0.15, -0.1) is 11.8 Å². The molecule has 0 aliphatic rings. The summed E-state index contributed by atoms with van der Waals surface area (Å²) in [5, 5.41) is 10.1. The average Bonchev–Trinajstić information content (AvgIpc) is 2.62. The number of ether oxygens (including phenoxy) is 1. The minimum Gasteiger partial charge on any atom is -0.453 e. The summed E-state index contributed by atoms with van der Waals surface area (Å²) in [5.74, 6) is -0.776. The zero-order valence-electron chi connectivity index (χ0n) is 13.7. The van der Waals surface area contributed by atoms with Gasteiger partial charge in [0.1, 0.15) is 5.25 Å². The van der Waals surface area contributed by atoms with Gasteiger partial charge < -0.3 is 4.74 Å². The van der Waals surface area contributed by atoms with Gasteiger partial charge in [-0.1, -0.05) is 30.3 Å². The molecule has 2 aromatic rings. The second kappa shape index (κ2) is 8.43. The maximum atomic E-state index is 12.2. The highest BCUT2D eigenvalue weighted by Gasteiger charge is 2.23. The Hall–Kier alpha value is -2.67. The van der Waals surface area contributed by atoms with Crippen LogP contribution in [0.25, 0.3) is 0 Å².